The summed E-state index contributed by atoms with van der Waals surface area (Å²) >= 11 is 11.7. The van der Waals surface area contributed by atoms with E-state index in [4.69, 9.17) is 23.2 Å². The van der Waals surface area contributed by atoms with Crippen molar-refractivity contribution in [1.82, 2.24) is 19.1 Å². The van der Waals surface area contributed by atoms with Crippen LogP contribution in [0.1, 0.15) is 31.4 Å². The lowest BCUT2D eigenvalue weighted by Crippen LogP contribution is -2.28. The van der Waals surface area contributed by atoms with E-state index in [1.165, 1.54) is 45.8 Å². The van der Waals surface area contributed by atoms with Gasteiger partial charge < -0.3 is 9.13 Å². The normalized spacial score (nSPS) is 11.5. The minimum Gasteiger partial charge on any atom is -0.312 e. The molecule has 0 atom stereocenters. The smallest absolute Gasteiger partial charge is 0.288 e. The van der Waals surface area contributed by atoms with E-state index >= 15 is 0 Å². The van der Waals surface area contributed by atoms with Gasteiger partial charge in [0.25, 0.3) is 11.1 Å². The summed E-state index contributed by atoms with van der Waals surface area (Å²) in [6.45, 7) is 4.41. The van der Waals surface area contributed by atoms with E-state index in [1.807, 2.05) is 6.92 Å². The van der Waals surface area contributed by atoms with Crippen molar-refractivity contribution in [2.75, 3.05) is 0 Å². The Labute approximate surface area is 287 Å². The zero-order valence-electron chi connectivity index (χ0n) is 25.9. The van der Waals surface area contributed by atoms with Crippen molar-refractivity contribution in [3.63, 3.8) is 0 Å². The Balaban J connectivity index is 0.000000224. The molecule has 5 rings (SSSR count). The number of sulfone groups is 2. The van der Waals surface area contributed by atoms with Gasteiger partial charge in [0.1, 0.15) is 5.82 Å². The zero-order chi connectivity index (χ0) is 35.1. The molecule has 2 heterocycles. The summed E-state index contributed by atoms with van der Waals surface area (Å²) < 4.78 is 65.8. The van der Waals surface area contributed by atoms with Gasteiger partial charge >= 0.3 is 0 Å². The number of halogens is 3. The van der Waals surface area contributed by atoms with Gasteiger partial charge in [0.2, 0.25) is 29.7 Å². The quantitative estimate of drug-likeness (QED) is 0.171. The van der Waals surface area contributed by atoms with Crippen molar-refractivity contribution in [1.29, 1.82) is 0 Å². The highest BCUT2D eigenvalue weighted by Gasteiger charge is 2.24. The van der Waals surface area contributed by atoms with Crippen LogP contribution in [0.15, 0.2) is 111 Å². The molecule has 0 spiro atoms. The largest absolute Gasteiger partial charge is 0.312 e. The molecule has 0 aliphatic rings. The van der Waals surface area contributed by atoms with Crippen LogP contribution in [0.4, 0.5) is 4.39 Å². The van der Waals surface area contributed by atoms with E-state index in [-0.39, 0.29) is 11.5 Å². The Hall–Kier alpha value is -4.17. The van der Waals surface area contributed by atoms with Crippen molar-refractivity contribution in [3.05, 3.63) is 139 Å². The van der Waals surface area contributed by atoms with Crippen LogP contribution in [0.2, 0.25) is 10.0 Å². The number of hydrogen-bond donors (Lipinski definition) is 0. The maximum atomic E-state index is 12.9. The van der Waals surface area contributed by atoms with E-state index < -0.39 is 46.7 Å². The second-order valence-corrected chi connectivity index (χ2v) is 15.2. The molecule has 0 saturated carbocycles. The second-order valence-electron chi connectivity index (χ2n) is 10.5. The van der Waals surface area contributed by atoms with Crippen LogP contribution in [-0.2, 0) is 44.3 Å². The van der Waals surface area contributed by atoms with Crippen LogP contribution >= 0.6 is 23.2 Å². The molecule has 48 heavy (non-hydrogen) atoms. The molecule has 0 radical (unpaired) electrons. The Bertz CT molecular complexity index is 2230. The van der Waals surface area contributed by atoms with Crippen molar-refractivity contribution in [2.24, 2.45) is 0 Å². The Morgan fingerprint density at radius 1 is 0.708 bits per heavy atom. The van der Waals surface area contributed by atoms with Crippen LogP contribution in [0.25, 0.3) is 11.3 Å². The first-order chi connectivity index (χ1) is 22.7. The van der Waals surface area contributed by atoms with Gasteiger partial charge in [-0.1, -0.05) is 66.5 Å². The summed E-state index contributed by atoms with van der Waals surface area (Å²) in [6.07, 6.45) is 5.02. The van der Waals surface area contributed by atoms with Crippen LogP contribution in [0.3, 0.4) is 0 Å². The predicted octanol–water partition coefficient (Wildman–Crippen LogP) is 5.98. The fraction of sp³-hybridized carbons (Fsp3) is 0.212. The zero-order valence-corrected chi connectivity index (χ0v) is 29.0. The average Bonchev–Trinajstić information content (AvgIpc) is 3.05. The molecule has 15 heteroatoms. The first-order valence-electron chi connectivity index (χ1n) is 14.6. The molecule has 0 N–H and O–H groups in total. The lowest BCUT2D eigenvalue weighted by atomic mass is 10.2. The number of aryl methyl sites for hydroxylation is 2. The molecule has 252 valence electrons. The molecule has 0 unspecified atom stereocenters. The monoisotopic (exact) mass is 732 g/mol. The maximum Gasteiger partial charge on any atom is 0.288 e. The summed E-state index contributed by atoms with van der Waals surface area (Å²) in [5, 5.41) is 0.125. The number of aromatic nitrogens is 4. The molecular weight excluding hydrogens is 702 g/mol. The average molecular weight is 734 g/mol. The van der Waals surface area contributed by atoms with Gasteiger partial charge in [0, 0.05) is 47.3 Å². The van der Waals surface area contributed by atoms with Crippen LogP contribution in [0, 0.1) is 5.82 Å². The summed E-state index contributed by atoms with van der Waals surface area (Å²) in [4.78, 5) is 32.6. The van der Waals surface area contributed by atoms with Gasteiger partial charge in [-0.15, -0.1) is 0 Å². The summed E-state index contributed by atoms with van der Waals surface area (Å²) in [6, 6.07) is 18.4. The molecule has 0 aliphatic heterocycles. The Kier molecular flexibility index (Phi) is 12.1. The van der Waals surface area contributed by atoms with E-state index in [1.54, 1.807) is 61.7 Å². The Morgan fingerprint density at radius 2 is 1.21 bits per heavy atom. The molecule has 0 aliphatic carbocycles. The molecule has 0 bridgehead atoms. The number of benzene rings is 3. The van der Waals surface area contributed by atoms with Crippen LogP contribution in [0.5, 0.6) is 0 Å². The third-order valence-electron chi connectivity index (χ3n) is 6.90. The van der Waals surface area contributed by atoms with E-state index in [2.05, 4.69) is 9.97 Å². The van der Waals surface area contributed by atoms with Gasteiger partial charge in [-0.3, -0.25) is 9.59 Å². The highest BCUT2D eigenvalue weighted by Crippen LogP contribution is 2.22. The van der Waals surface area contributed by atoms with Crippen molar-refractivity contribution >= 4 is 42.9 Å². The Morgan fingerprint density at radius 3 is 1.75 bits per heavy atom. The topological polar surface area (TPSA) is 138 Å². The second kappa shape index (κ2) is 15.8. The SMILES string of the molecule is CCCn1ccnc(S(=O)(=O)Cc2ccc(F)cc2)c1=O.CCn1cc(-c2ccc(Cl)cc2)nc(S(=O)(=O)Cc2ccc(Cl)cc2)c1=O. The van der Waals surface area contributed by atoms with Crippen LogP contribution < -0.4 is 11.1 Å². The minimum absolute atomic E-state index is 0.325. The van der Waals surface area contributed by atoms with Crippen molar-refractivity contribution < 1.29 is 21.2 Å². The fourth-order valence-electron chi connectivity index (χ4n) is 4.51. The lowest BCUT2D eigenvalue weighted by Gasteiger charge is -2.10. The first kappa shape index (κ1) is 36.7. The lowest BCUT2D eigenvalue weighted by molar-refractivity contribution is 0.577. The van der Waals surface area contributed by atoms with E-state index in [0.29, 0.717) is 51.9 Å². The molecule has 0 saturated heterocycles. The third-order valence-corrected chi connectivity index (χ3v) is 10.6. The van der Waals surface area contributed by atoms with Crippen LogP contribution in [-0.4, -0.2) is 35.9 Å². The summed E-state index contributed by atoms with van der Waals surface area (Å²) in [5.74, 6) is -1.16. The molecule has 0 fully saturated rings. The van der Waals surface area contributed by atoms with Gasteiger partial charge in [0.15, 0.2) is 0 Å². The predicted molar refractivity (Wildman–Crippen MR) is 183 cm³/mol. The molecule has 2 aromatic heterocycles. The highest BCUT2D eigenvalue weighted by molar-refractivity contribution is 7.90. The van der Waals surface area contributed by atoms with Gasteiger partial charge in [0.05, 0.1) is 17.2 Å². The van der Waals surface area contributed by atoms with E-state index in [0.717, 1.165) is 0 Å². The molecule has 3 aromatic carbocycles. The number of hydrogen-bond acceptors (Lipinski definition) is 8. The maximum absolute atomic E-state index is 12.9. The molecule has 0 amide bonds. The molecule has 10 nitrogen and oxygen atoms in total. The highest BCUT2D eigenvalue weighted by atomic mass is 35.5. The van der Waals surface area contributed by atoms with Gasteiger partial charge in [-0.2, -0.15) is 0 Å². The molecule has 5 aromatic rings. The number of nitrogens with zero attached hydrogens (tertiary/aromatic N) is 4. The van der Waals surface area contributed by atoms with Gasteiger partial charge in [-0.25, -0.2) is 31.2 Å². The number of rotatable bonds is 10. The summed E-state index contributed by atoms with van der Waals surface area (Å²) in [7, 11) is -7.81. The third kappa shape index (κ3) is 9.25. The minimum atomic E-state index is -3.94. The van der Waals surface area contributed by atoms with Crippen molar-refractivity contribution in [3.8, 4) is 11.3 Å². The van der Waals surface area contributed by atoms with Crippen molar-refractivity contribution in [2.45, 2.75) is 54.9 Å². The summed E-state index contributed by atoms with van der Waals surface area (Å²) in [5.41, 5.74) is 0.738. The standard InChI is InChI=1S/C19H16Cl2N2O3S.C14H15FN2O3S/c1-2-23-11-17(14-5-9-16(21)10-6-14)22-18(19(23)24)27(25,26)12-13-3-7-15(20)8-4-13;1-2-8-17-9-7-16-13(14(17)18)21(19,20)10-11-3-5-12(15)6-4-11/h3-11H,2,12H2,1H3;3-7,9H,2,8,10H2,1H3. The fourth-order valence-corrected chi connectivity index (χ4v) is 7.52. The van der Waals surface area contributed by atoms with E-state index in [9.17, 15) is 30.8 Å². The first-order valence-corrected chi connectivity index (χ1v) is 18.7. The molecular formula is C33H31Cl2FN4O6S2. The van der Waals surface area contributed by atoms with Gasteiger partial charge in [-0.05, 0) is 60.9 Å².